The molecule has 2 N–H and O–H groups in total. The Kier molecular flexibility index (Phi) is 2.24. The minimum Gasteiger partial charge on any atom is -0.326 e. The van der Waals surface area contributed by atoms with Gasteiger partial charge in [-0.2, -0.15) is 0 Å². The average molecular weight is 206 g/mol. The maximum Gasteiger partial charge on any atom is 0.133 e. The van der Waals surface area contributed by atoms with Crippen LogP contribution < -0.4 is 5.73 Å². The van der Waals surface area contributed by atoms with Gasteiger partial charge in [0.2, 0.25) is 0 Å². The van der Waals surface area contributed by atoms with Gasteiger partial charge in [0.1, 0.15) is 11.6 Å². The van der Waals surface area contributed by atoms with Gasteiger partial charge in [-0.15, -0.1) is 10.2 Å². The van der Waals surface area contributed by atoms with Crippen LogP contribution in [0.5, 0.6) is 0 Å². The Morgan fingerprint density at radius 3 is 2.87 bits per heavy atom. The van der Waals surface area contributed by atoms with E-state index in [-0.39, 0.29) is 0 Å². The summed E-state index contributed by atoms with van der Waals surface area (Å²) in [7, 11) is 0. The summed E-state index contributed by atoms with van der Waals surface area (Å²) >= 11 is 0. The lowest BCUT2D eigenvalue weighted by Crippen LogP contribution is -2.33. The lowest BCUT2D eigenvalue weighted by atomic mass is 9.83. The highest BCUT2D eigenvalue weighted by molar-refractivity contribution is 5.02. The summed E-state index contributed by atoms with van der Waals surface area (Å²) in [5.74, 6) is 3.17. The quantitative estimate of drug-likeness (QED) is 0.782. The summed E-state index contributed by atoms with van der Waals surface area (Å²) < 4.78 is 2.26. The number of nitrogens with zero attached hydrogens (tertiary/aromatic N) is 3. The van der Waals surface area contributed by atoms with Crippen LogP contribution in [0.2, 0.25) is 0 Å². The lowest BCUT2D eigenvalue weighted by molar-refractivity contribution is 0.302. The first kappa shape index (κ1) is 9.33. The van der Waals surface area contributed by atoms with Crippen LogP contribution in [0.1, 0.15) is 37.3 Å². The van der Waals surface area contributed by atoms with Crippen LogP contribution in [0, 0.1) is 5.92 Å². The number of nitrogens with two attached hydrogens (primary N) is 1. The molecule has 2 aliphatic rings. The zero-order chi connectivity index (χ0) is 10.3. The van der Waals surface area contributed by atoms with E-state index in [1.807, 2.05) is 0 Å². The molecule has 1 atom stereocenters. The number of rotatable bonds is 2. The zero-order valence-corrected chi connectivity index (χ0v) is 9.02. The van der Waals surface area contributed by atoms with E-state index < -0.39 is 0 Å². The molecule has 82 valence electrons. The van der Waals surface area contributed by atoms with Crippen molar-refractivity contribution >= 4 is 0 Å². The molecular weight excluding hydrogens is 188 g/mol. The normalized spacial score (nSPS) is 26.1. The number of aryl methyl sites for hydroxylation is 1. The summed E-state index contributed by atoms with van der Waals surface area (Å²) in [5, 5.41) is 8.57. The van der Waals surface area contributed by atoms with Gasteiger partial charge >= 0.3 is 0 Å². The summed E-state index contributed by atoms with van der Waals surface area (Å²) in [4.78, 5) is 0. The summed E-state index contributed by atoms with van der Waals surface area (Å²) in [5.41, 5.74) is 5.98. The van der Waals surface area contributed by atoms with Gasteiger partial charge in [-0.25, -0.2) is 0 Å². The third-order valence-electron chi connectivity index (χ3n) is 3.76. The highest BCUT2D eigenvalue weighted by Gasteiger charge is 2.24. The van der Waals surface area contributed by atoms with Gasteiger partial charge in [0, 0.05) is 25.4 Å². The highest BCUT2D eigenvalue weighted by atomic mass is 15.3. The molecule has 15 heavy (non-hydrogen) atoms. The molecule has 3 rings (SSSR count). The van der Waals surface area contributed by atoms with Crippen molar-refractivity contribution < 1.29 is 0 Å². The molecule has 1 aromatic rings. The van der Waals surface area contributed by atoms with E-state index in [4.69, 9.17) is 5.73 Å². The van der Waals surface area contributed by atoms with Gasteiger partial charge in [0.25, 0.3) is 0 Å². The van der Waals surface area contributed by atoms with Gasteiger partial charge in [-0.05, 0) is 12.3 Å². The molecule has 1 aromatic heterocycles. The summed E-state index contributed by atoms with van der Waals surface area (Å²) in [6, 6.07) is 0.300. The molecule has 1 fully saturated rings. The molecule has 0 radical (unpaired) electrons. The minimum absolute atomic E-state index is 0.300. The second-order valence-electron chi connectivity index (χ2n) is 4.94. The van der Waals surface area contributed by atoms with Gasteiger partial charge in [0.15, 0.2) is 0 Å². The minimum atomic E-state index is 0.300. The first-order chi connectivity index (χ1) is 7.33. The fourth-order valence-corrected chi connectivity index (χ4v) is 2.51. The van der Waals surface area contributed by atoms with Crippen LogP contribution in [0.25, 0.3) is 0 Å². The molecule has 4 heteroatoms. The van der Waals surface area contributed by atoms with Gasteiger partial charge in [-0.1, -0.05) is 19.3 Å². The topological polar surface area (TPSA) is 56.7 Å². The second-order valence-corrected chi connectivity index (χ2v) is 4.94. The van der Waals surface area contributed by atoms with E-state index in [9.17, 15) is 0 Å². The Balaban J connectivity index is 1.79. The Hall–Kier alpha value is -0.900. The summed E-state index contributed by atoms with van der Waals surface area (Å²) in [6.07, 6.45) is 7.30. The molecule has 1 unspecified atom stereocenters. The fraction of sp³-hybridized carbons (Fsp3) is 0.818. The molecule has 2 heterocycles. The van der Waals surface area contributed by atoms with E-state index in [0.717, 1.165) is 37.5 Å². The molecular formula is C11H18N4. The van der Waals surface area contributed by atoms with Crippen molar-refractivity contribution in [2.75, 3.05) is 0 Å². The Morgan fingerprint density at radius 2 is 2.13 bits per heavy atom. The van der Waals surface area contributed by atoms with Crippen molar-refractivity contribution in [3.8, 4) is 0 Å². The molecule has 1 aliphatic carbocycles. The van der Waals surface area contributed by atoms with E-state index in [1.54, 1.807) is 0 Å². The SMILES string of the molecule is NC1CCc2nnc(CC3CCC3)n2C1. The van der Waals surface area contributed by atoms with E-state index in [0.29, 0.717) is 6.04 Å². The number of hydrogen-bond donors (Lipinski definition) is 1. The van der Waals surface area contributed by atoms with Crippen molar-refractivity contribution in [3.05, 3.63) is 11.6 Å². The van der Waals surface area contributed by atoms with Crippen LogP contribution in [-0.2, 0) is 19.4 Å². The van der Waals surface area contributed by atoms with Crippen LogP contribution in [0.15, 0.2) is 0 Å². The van der Waals surface area contributed by atoms with E-state index in [1.165, 1.54) is 25.1 Å². The zero-order valence-electron chi connectivity index (χ0n) is 9.02. The van der Waals surface area contributed by atoms with E-state index in [2.05, 4.69) is 14.8 Å². The smallest absolute Gasteiger partial charge is 0.133 e. The Bertz CT molecular complexity index is 353. The average Bonchev–Trinajstić information content (AvgIpc) is 2.54. The molecule has 1 saturated carbocycles. The molecule has 0 amide bonds. The molecule has 0 aromatic carbocycles. The van der Waals surface area contributed by atoms with Crippen molar-refractivity contribution in [1.29, 1.82) is 0 Å². The molecule has 0 bridgehead atoms. The summed E-state index contributed by atoms with van der Waals surface area (Å²) in [6.45, 7) is 0.921. The van der Waals surface area contributed by atoms with Gasteiger partial charge < -0.3 is 10.3 Å². The van der Waals surface area contributed by atoms with E-state index >= 15 is 0 Å². The Labute approximate surface area is 89.9 Å². The van der Waals surface area contributed by atoms with Crippen LogP contribution in [-0.4, -0.2) is 20.8 Å². The first-order valence-corrected chi connectivity index (χ1v) is 5.99. The van der Waals surface area contributed by atoms with Crippen molar-refractivity contribution in [3.63, 3.8) is 0 Å². The van der Waals surface area contributed by atoms with Crippen molar-refractivity contribution in [2.45, 2.75) is 51.1 Å². The molecule has 4 nitrogen and oxygen atoms in total. The van der Waals surface area contributed by atoms with Crippen molar-refractivity contribution in [2.24, 2.45) is 11.7 Å². The third kappa shape index (κ3) is 1.67. The molecule has 1 aliphatic heterocycles. The maximum absolute atomic E-state index is 5.98. The van der Waals surface area contributed by atoms with Gasteiger partial charge in [0.05, 0.1) is 0 Å². The predicted molar refractivity (Wildman–Crippen MR) is 57.4 cm³/mol. The number of fused-ring (bicyclic) bond motifs is 1. The fourth-order valence-electron chi connectivity index (χ4n) is 2.51. The monoisotopic (exact) mass is 206 g/mol. The van der Waals surface area contributed by atoms with Crippen LogP contribution in [0.4, 0.5) is 0 Å². The number of aromatic nitrogens is 3. The third-order valence-corrected chi connectivity index (χ3v) is 3.76. The highest BCUT2D eigenvalue weighted by Crippen LogP contribution is 2.29. The second kappa shape index (κ2) is 3.59. The predicted octanol–water partition coefficient (Wildman–Crippen LogP) is 0.894. The molecule has 0 spiro atoms. The standard InChI is InChI=1S/C11H18N4/c12-9-4-5-10-13-14-11(15(10)7-9)6-8-2-1-3-8/h8-9H,1-7,12H2. The first-order valence-electron chi connectivity index (χ1n) is 5.99. The molecule has 0 saturated heterocycles. The van der Waals surface area contributed by atoms with Crippen LogP contribution >= 0.6 is 0 Å². The Morgan fingerprint density at radius 1 is 1.27 bits per heavy atom. The van der Waals surface area contributed by atoms with Crippen LogP contribution in [0.3, 0.4) is 0 Å². The number of hydrogen-bond acceptors (Lipinski definition) is 3. The lowest BCUT2D eigenvalue weighted by Gasteiger charge is -2.26. The van der Waals surface area contributed by atoms with Crippen molar-refractivity contribution in [1.82, 2.24) is 14.8 Å². The largest absolute Gasteiger partial charge is 0.326 e. The maximum atomic E-state index is 5.98. The van der Waals surface area contributed by atoms with Gasteiger partial charge in [-0.3, -0.25) is 0 Å².